The number of carbonyl (C=O) groups excluding carboxylic acids is 2. The first-order valence-corrected chi connectivity index (χ1v) is 9.55. The predicted octanol–water partition coefficient (Wildman–Crippen LogP) is 3.07. The Labute approximate surface area is 157 Å². The molecule has 1 aliphatic heterocycles. The first-order chi connectivity index (χ1) is 12.4. The van der Waals surface area contributed by atoms with Crippen LogP contribution in [0, 0.1) is 13.8 Å². The fraction of sp³-hybridized carbons (Fsp3) is 0.421. The van der Waals surface area contributed by atoms with Crippen LogP contribution in [0.3, 0.4) is 0 Å². The van der Waals surface area contributed by atoms with Gasteiger partial charge in [-0.05, 0) is 45.4 Å². The summed E-state index contributed by atoms with van der Waals surface area (Å²) in [5.74, 6) is 0.215. The lowest BCUT2D eigenvalue weighted by Gasteiger charge is -2.32. The molecular formula is C19H23N3O3S. The Morgan fingerprint density at radius 2 is 2.15 bits per heavy atom. The first kappa shape index (κ1) is 18.4. The molecule has 1 aliphatic rings. The van der Waals surface area contributed by atoms with Crippen LogP contribution in [0.2, 0.25) is 0 Å². The van der Waals surface area contributed by atoms with E-state index < -0.39 is 6.10 Å². The van der Waals surface area contributed by atoms with Crippen LogP contribution < -0.4 is 15.0 Å². The maximum Gasteiger partial charge on any atom is 0.268 e. The van der Waals surface area contributed by atoms with Crippen molar-refractivity contribution in [3.63, 3.8) is 0 Å². The van der Waals surface area contributed by atoms with Crippen molar-refractivity contribution in [2.45, 2.75) is 40.2 Å². The van der Waals surface area contributed by atoms with E-state index in [9.17, 15) is 9.59 Å². The molecule has 2 aromatic rings. The number of hydrogen-bond acceptors (Lipinski definition) is 5. The summed E-state index contributed by atoms with van der Waals surface area (Å²) in [6, 6.07) is 5.67. The molecule has 2 amide bonds. The number of ether oxygens (including phenoxy) is 1. The zero-order chi connectivity index (χ0) is 18.8. The van der Waals surface area contributed by atoms with Crippen LogP contribution in [0.25, 0.3) is 11.3 Å². The van der Waals surface area contributed by atoms with Crippen molar-refractivity contribution in [2.24, 2.45) is 0 Å². The Bertz CT molecular complexity index is 847. The van der Waals surface area contributed by atoms with Crippen molar-refractivity contribution in [1.29, 1.82) is 0 Å². The van der Waals surface area contributed by atoms with Crippen LogP contribution >= 0.6 is 11.3 Å². The number of anilines is 1. The van der Waals surface area contributed by atoms with E-state index in [0.717, 1.165) is 27.6 Å². The van der Waals surface area contributed by atoms with Gasteiger partial charge in [0.25, 0.3) is 5.91 Å². The van der Waals surface area contributed by atoms with E-state index in [1.54, 1.807) is 18.3 Å². The molecule has 1 aromatic heterocycles. The number of nitrogens with one attached hydrogen (secondary N) is 1. The van der Waals surface area contributed by atoms with Crippen LogP contribution in [-0.2, 0) is 9.59 Å². The lowest BCUT2D eigenvalue weighted by molar-refractivity contribution is -0.128. The van der Waals surface area contributed by atoms with Crippen LogP contribution in [0.15, 0.2) is 18.2 Å². The highest BCUT2D eigenvalue weighted by Crippen LogP contribution is 2.38. The van der Waals surface area contributed by atoms with E-state index in [4.69, 9.17) is 4.74 Å². The molecule has 3 rings (SSSR count). The van der Waals surface area contributed by atoms with Crippen molar-refractivity contribution >= 4 is 28.8 Å². The van der Waals surface area contributed by atoms with E-state index in [2.05, 4.69) is 10.3 Å². The highest BCUT2D eigenvalue weighted by atomic mass is 32.1. The summed E-state index contributed by atoms with van der Waals surface area (Å²) in [5.41, 5.74) is 2.43. The van der Waals surface area contributed by atoms with Gasteiger partial charge in [-0.3, -0.25) is 14.5 Å². The van der Waals surface area contributed by atoms with Gasteiger partial charge in [0.05, 0.1) is 16.4 Å². The normalized spacial score (nSPS) is 16.2. The molecule has 0 saturated carbocycles. The molecule has 0 spiro atoms. The third-order valence-corrected chi connectivity index (χ3v) is 5.10. The number of aromatic nitrogens is 1. The number of benzene rings is 1. The molecule has 0 radical (unpaired) electrons. The largest absolute Gasteiger partial charge is 0.479 e. The maximum atomic E-state index is 12.6. The van der Waals surface area contributed by atoms with Crippen LogP contribution in [-0.4, -0.2) is 36.0 Å². The van der Waals surface area contributed by atoms with E-state index in [0.29, 0.717) is 18.0 Å². The lowest BCUT2D eigenvalue weighted by Crippen LogP contribution is -2.48. The fourth-order valence-corrected chi connectivity index (χ4v) is 3.82. The second kappa shape index (κ2) is 7.45. The summed E-state index contributed by atoms with van der Waals surface area (Å²) in [6.07, 6.45) is 0.234. The van der Waals surface area contributed by atoms with Gasteiger partial charge in [-0.15, -0.1) is 11.3 Å². The van der Waals surface area contributed by atoms with Gasteiger partial charge in [-0.25, -0.2) is 4.98 Å². The molecule has 0 saturated heterocycles. The lowest BCUT2D eigenvalue weighted by atomic mass is 10.1. The molecule has 0 fully saturated rings. The van der Waals surface area contributed by atoms with Gasteiger partial charge in [0.15, 0.2) is 6.10 Å². The molecule has 6 nitrogen and oxygen atoms in total. The van der Waals surface area contributed by atoms with E-state index in [-0.39, 0.29) is 18.4 Å². The first-order valence-electron chi connectivity index (χ1n) is 8.74. The molecule has 7 heteroatoms. The average Bonchev–Trinajstić information content (AvgIpc) is 2.95. The number of fused-ring (bicyclic) bond motifs is 1. The smallest absolute Gasteiger partial charge is 0.268 e. The number of amides is 2. The summed E-state index contributed by atoms with van der Waals surface area (Å²) >= 11 is 1.64. The highest BCUT2D eigenvalue weighted by molar-refractivity contribution is 7.11. The van der Waals surface area contributed by atoms with Crippen LogP contribution in [0.5, 0.6) is 5.75 Å². The molecule has 138 valence electrons. The number of nitrogens with zero attached hydrogens (tertiary/aromatic N) is 2. The van der Waals surface area contributed by atoms with Crippen molar-refractivity contribution in [3.8, 4) is 17.0 Å². The Hall–Kier alpha value is -2.41. The Morgan fingerprint density at radius 3 is 2.81 bits per heavy atom. The summed E-state index contributed by atoms with van der Waals surface area (Å²) in [7, 11) is 0. The molecule has 1 N–H and O–H groups in total. The van der Waals surface area contributed by atoms with Crippen LogP contribution in [0.1, 0.15) is 30.2 Å². The second-order valence-corrected chi connectivity index (χ2v) is 7.76. The van der Waals surface area contributed by atoms with E-state index >= 15 is 0 Å². The van der Waals surface area contributed by atoms with Gasteiger partial charge in [0.2, 0.25) is 5.91 Å². The Morgan fingerprint density at radius 1 is 1.38 bits per heavy atom. The molecule has 0 bridgehead atoms. The van der Waals surface area contributed by atoms with E-state index in [1.807, 2.05) is 39.0 Å². The minimum absolute atomic E-state index is 0.0158. The van der Waals surface area contributed by atoms with Gasteiger partial charge < -0.3 is 10.1 Å². The molecule has 1 aromatic carbocycles. The molecule has 1 unspecified atom stereocenters. The third-order valence-electron chi connectivity index (χ3n) is 4.22. The molecule has 0 aliphatic carbocycles. The van der Waals surface area contributed by atoms with Gasteiger partial charge in [-0.2, -0.15) is 0 Å². The van der Waals surface area contributed by atoms with Crippen molar-refractivity contribution < 1.29 is 14.3 Å². The summed E-state index contributed by atoms with van der Waals surface area (Å²) < 4.78 is 5.72. The summed E-state index contributed by atoms with van der Waals surface area (Å²) in [4.78, 5) is 32.0. The minimum Gasteiger partial charge on any atom is -0.479 e. The monoisotopic (exact) mass is 373 g/mol. The van der Waals surface area contributed by atoms with Gasteiger partial charge in [-0.1, -0.05) is 6.92 Å². The topological polar surface area (TPSA) is 71.5 Å². The number of hydrogen-bond donors (Lipinski definition) is 1. The molecule has 26 heavy (non-hydrogen) atoms. The van der Waals surface area contributed by atoms with E-state index in [1.165, 1.54) is 4.90 Å². The SMILES string of the molecule is CCCNC(=O)CN1C(=O)C(C)Oc2ccc(-c3nc(C)sc3C)cc21. The quantitative estimate of drug-likeness (QED) is 0.874. The highest BCUT2D eigenvalue weighted by Gasteiger charge is 2.33. The van der Waals surface area contributed by atoms with Gasteiger partial charge in [0, 0.05) is 17.0 Å². The van der Waals surface area contributed by atoms with Gasteiger partial charge in [0.1, 0.15) is 12.3 Å². The fourth-order valence-electron chi connectivity index (χ4n) is 2.98. The average molecular weight is 373 g/mol. The maximum absolute atomic E-state index is 12.6. The zero-order valence-electron chi connectivity index (χ0n) is 15.5. The summed E-state index contributed by atoms with van der Waals surface area (Å²) in [6.45, 7) is 8.26. The Kier molecular flexibility index (Phi) is 5.27. The third kappa shape index (κ3) is 3.58. The second-order valence-electron chi connectivity index (χ2n) is 6.35. The minimum atomic E-state index is -0.615. The summed E-state index contributed by atoms with van der Waals surface area (Å²) in [5, 5.41) is 3.81. The number of thiazole rings is 1. The molecular weight excluding hydrogens is 350 g/mol. The standard InChI is InChI=1S/C19H23N3O3S/c1-5-8-20-17(23)10-22-15-9-14(18-12(3)26-13(4)21-18)6-7-16(15)25-11(2)19(22)24/h6-7,9,11H,5,8,10H2,1-4H3,(H,20,23). The molecule has 1 atom stereocenters. The number of aryl methyl sites for hydroxylation is 2. The zero-order valence-corrected chi connectivity index (χ0v) is 16.3. The van der Waals surface area contributed by atoms with Crippen LogP contribution in [0.4, 0.5) is 5.69 Å². The van der Waals surface area contributed by atoms with Crippen molar-refractivity contribution in [3.05, 3.63) is 28.1 Å². The van der Waals surface area contributed by atoms with Gasteiger partial charge >= 0.3 is 0 Å². The van der Waals surface area contributed by atoms with Crippen molar-refractivity contribution in [2.75, 3.05) is 18.0 Å². The molecule has 2 heterocycles. The number of carbonyl (C=O) groups is 2. The Balaban J connectivity index is 1.97. The van der Waals surface area contributed by atoms with Crippen molar-refractivity contribution in [1.82, 2.24) is 10.3 Å². The predicted molar refractivity (Wildman–Crippen MR) is 103 cm³/mol. The number of rotatable bonds is 5.